The van der Waals surface area contributed by atoms with Crippen molar-refractivity contribution >= 4 is 18.0 Å². The zero-order chi connectivity index (χ0) is 18.1. The number of carbonyl (C=O) groups excluding carboxylic acids is 3. The Morgan fingerprint density at radius 3 is 2.60 bits per heavy atom. The van der Waals surface area contributed by atoms with E-state index in [-0.39, 0.29) is 37.0 Å². The zero-order valence-corrected chi connectivity index (χ0v) is 14.3. The molecule has 1 aromatic rings. The Balaban J connectivity index is 1.65. The quantitative estimate of drug-likeness (QED) is 0.732. The van der Waals surface area contributed by atoms with Gasteiger partial charge in [0.2, 0.25) is 5.91 Å². The van der Waals surface area contributed by atoms with Crippen LogP contribution in [0.15, 0.2) is 30.3 Å². The predicted molar refractivity (Wildman–Crippen MR) is 90.5 cm³/mol. The summed E-state index contributed by atoms with van der Waals surface area (Å²) in [7, 11) is 0. The van der Waals surface area contributed by atoms with E-state index in [9.17, 15) is 14.4 Å². The highest BCUT2D eigenvalue weighted by Crippen LogP contribution is 2.25. The molecule has 0 aliphatic heterocycles. The maximum atomic E-state index is 12.0. The Morgan fingerprint density at radius 2 is 1.88 bits per heavy atom. The fraction of sp³-hybridized carbons (Fsp3) is 0.500. The Hall–Kier alpha value is -2.57. The molecule has 1 fully saturated rings. The number of carbonyl (C=O) groups is 3. The van der Waals surface area contributed by atoms with E-state index in [1.165, 1.54) is 6.92 Å². The molecule has 0 bridgehead atoms. The van der Waals surface area contributed by atoms with Gasteiger partial charge in [-0.1, -0.05) is 36.8 Å². The van der Waals surface area contributed by atoms with Crippen molar-refractivity contribution in [3.05, 3.63) is 35.9 Å². The molecule has 7 nitrogen and oxygen atoms in total. The van der Waals surface area contributed by atoms with Crippen molar-refractivity contribution in [3.8, 4) is 0 Å². The van der Waals surface area contributed by atoms with Gasteiger partial charge in [-0.2, -0.15) is 0 Å². The molecule has 2 amide bonds. The second-order valence-corrected chi connectivity index (χ2v) is 6.08. The molecule has 136 valence electrons. The smallest absolute Gasteiger partial charge is 0.407 e. The van der Waals surface area contributed by atoms with E-state index in [1.807, 2.05) is 30.3 Å². The number of rotatable bonds is 7. The second-order valence-electron chi connectivity index (χ2n) is 6.08. The average molecular weight is 348 g/mol. The minimum atomic E-state index is -0.637. The standard InChI is InChI=1S/C18H24N2O5/c1-13(21)24-12-15-8-5-9-16(15)20-17(22)10-19-18(23)25-11-14-6-3-2-4-7-14/h2-4,6-7,15-16H,5,8-12H2,1H3,(H,19,23)(H,20,22). The summed E-state index contributed by atoms with van der Waals surface area (Å²) in [5.41, 5.74) is 0.876. The highest BCUT2D eigenvalue weighted by molar-refractivity contribution is 5.82. The van der Waals surface area contributed by atoms with Crippen LogP contribution in [0.25, 0.3) is 0 Å². The number of nitrogens with one attached hydrogen (secondary N) is 2. The molecule has 25 heavy (non-hydrogen) atoms. The first kappa shape index (κ1) is 18.8. The van der Waals surface area contributed by atoms with Crippen molar-refractivity contribution < 1.29 is 23.9 Å². The lowest BCUT2D eigenvalue weighted by molar-refractivity contribution is -0.142. The predicted octanol–water partition coefficient (Wildman–Crippen LogP) is 1.76. The highest BCUT2D eigenvalue weighted by Gasteiger charge is 2.29. The third kappa shape index (κ3) is 6.82. The summed E-state index contributed by atoms with van der Waals surface area (Å²) in [6, 6.07) is 9.27. The maximum absolute atomic E-state index is 12.0. The number of alkyl carbamates (subject to hydrolysis) is 1. The fourth-order valence-electron chi connectivity index (χ4n) is 2.84. The molecule has 1 aromatic carbocycles. The van der Waals surface area contributed by atoms with Gasteiger partial charge in [0, 0.05) is 18.9 Å². The summed E-state index contributed by atoms with van der Waals surface area (Å²) in [6.45, 7) is 1.69. The van der Waals surface area contributed by atoms with Crippen molar-refractivity contribution in [2.24, 2.45) is 5.92 Å². The summed E-state index contributed by atoms with van der Waals surface area (Å²) in [4.78, 5) is 34.5. The number of hydrogen-bond acceptors (Lipinski definition) is 5. The molecule has 1 aliphatic carbocycles. The molecule has 2 atom stereocenters. The van der Waals surface area contributed by atoms with Gasteiger partial charge in [0.25, 0.3) is 0 Å². The molecular weight excluding hydrogens is 324 g/mol. The lowest BCUT2D eigenvalue weighted by Gasteiger charge is -2.20. The summed E-state index contributed by atoms with van der Waals surface area (Å²) in [5.74, 6) is -0.478. The van der Waals surface area contributed by atoms with Crippen LogP contribution in [-0.4, -0.2) is 37.2 Å². The lowest BCUT2D eigenvalue weighted by Crippen LogP contribution is -2.44. The first-order valence-electron chi connectivity index (χ1n) is 8.42. The van der Waals surface area contributed by atoms with Gasteiger partial charge in [0.05, 0.1) is 6.61 Å². The van der Waals surface area contributed by atoms with E-state index in [0.29, 0.717) is 6.61 Å². The van der Waals surface area contributed by atoms with E-state index in [0.717, 1.165) is 24.8 Å². The summed E-state index contributed by atoms with van der Waals surface area (Å²) in [6.07, 6.45) is 2.09. The maximum Gasteiger partial charge on any atom is 0.407 e. The van der Waals surface area contributed by atoms with Gasteiger partial charge in [0.1, 0.15) is 13.2 Å². The largest absolute Gasteiger partial charge is 0.465 e. The van der Waals surface area contributed by atoms with E-state index < -0.39 is 6.09 Å². The lowest BCUT2D eigenvalue weighted by atomic mass is 10.1. The topological polar surface area (TPSA) is 93.7 Å². The number of benzene rings is 1. The molecule has 2 unspecified atom stereocenters. The molecule has 0 heterocycles. The number of esters is 1. The zero-order valence-electron chi connectivity index (χ0n) is 14.3. The van der Waals surface area contributed by atoms with Crippen molar-refractivity contribution in [2.45, 2.75) is 38.8 Å². The Kier molecular flexibility index (Phi) is 7.25. The Labute approximate surface area is 147 Å². The van der Waals surface area contributed by atoms with Gasteiger partial charge < -0.3 is 20.1 Å². The first-order valence-corrected chi connectivity index (χ1v) is 8.42. The van der Waals surface area contributed by atoms with Crippen molar-refractivity contribution in [1.29, 1.82) is 0 Å². The van der Waals surface area contributed by atoms with Crippen LogP contribution in [0.4, 0.5) is 4.79 Å². The minimum Gasteiger partial charge on any atom is -0.465 e. The van der Waals surface area contributed by atoms with Gasteiger partial charge in [-0.3, -0.25) is 9.59 Å². The van der Waals surface area contributed by atoms with Gasteiger partial charge in [0.15, 0.2) is 0 Å². The second kappa shape index (κ2) is 9.66. The van der Waals surface area contributed by atoms with Crippen molar-refractivity contribution in [3.63, 3.8) is 0 Å². The summed E-state index contributed by atoms with van der Waals surface area (Å²) >= 11 is 0. The van der Waals surface area contributed by atoms with Crippen LogP contribution in [0.1, 0.15) is 31.7 Å². The molecular formula is C18H24N2O5. The fourth-order valence-corrected chi connectivity index (χ4v) is 2.84. The van der Waals surface area contributed by atoms with E-state index in [1.54, 1.807) is 0 Å². The average Bonchev–Trinajstić information content (AvgIpc) is 3.04. The Morgan fingerprint density at radius 1 is 1.12 bits per heavy atom. The molecule has 0 radical (unpaired) electrons. The molecule has 7 heteroatoms. The Bertz CT molecular complexity index is 590. The van der Waals surface area contributed by atoms with Crippen LogP contribution in [0.2, 0.25) is 0 Å². The normalized spacial score (nSPS) is 19.1. The van der Waals surface area contributed by atoms with Gasteiger partial charge in [-0.25, -0.2) is 4.79 Å². The van der Waals surface area contributed by atoms with Crippen LogP contribution in [-0.2, 0) is 25.7 Å². The number of amides is 2. The molecule has 1 saturated carbocycles. The molecule has 2 rings (SSSR count). The minimum absolute atomic E-state index is 0.0333. The van der Waals surface area contributed by atoms with Crippen LogP contribution >= 0.6 is 0 Å². The van der Waals surface area contributed by atoms with Crippen molar-refractivity contribution in [2.75, 3.05) is 13.2 Å². The summed E-state index contributed by atoms with van der Waals surface area (Å²) < 4.78 is 10.1. The van der Waals surface area contributed by atoms with Gasteiger partial charge >= 0.3 is 12.1 Å². The monoisotopic (exact) mass is 348 g/mol. The molecule has 0 aromatic heterocycles. The molecule has 0 spiro atoms. The SMILES string of the molecule is CC(=O)OCC1CCCC1NC(=O)CNC(=O)OCc1ccccc1. The van der Waals surface area contributed by atoms with Crippen LogP contribution in [0.5, 0.6) is 0 Å². The molecule has 2 N–H and O–H groups in total. The van der Waals surface area contributed by atoms with Crippen molar-refractivity contribution in [1.82, 2.24) is 10.6 Å². The van der Waals surface area contributed by atoms with Crippen LogP contribution < -0.4 is 10.6 Å². The number of hydrogen-bond donors (Lipinski definition) is 2. The third-order valence-electron chi connectivity index (χ3n) is 4.11. The third-order valence-corrected chi connectivity index (χ3v) is 4.11. The van der Waals surface area contributed by atoms with Crippen LogP contribution in [0, 0.1) is 5.92 Å². The van der Waals surface area contributed by atoms with Crippen LogP contribution in [0.3, 0.4) is 0 Å². The van der Waals surface area contributed by atoms with Gasteiger partial charge in [-0.15, -0.1) is 0 Å². The summed E-state index contributed by atoms with van der Waals surface area (Å²) in [5, 5.41) is 5.31. The molecule has 0 saturated heterocycles. The first-order chi connectivity index (χ1) is 12.0. The molecule has 1 aliphatic rings. The van der Waals surface area contributed by atoms with Gasteiger partial charge in [-0.05, 0) is 18.4 Å². The number of ether oxygens (including phenoxy) is 2. The van der Waals surface area contributed by atoms with E-state index in [2.05, 4.69) is 10.6 Å². The van der Waals surface area contributed by atoms with E-state index >= 15 is 0 Å². The van der Waals surface area contributed by atoms with E-state index in [4.69, 9.17) is 9.47 Å². The highest BCUT2D eigenvalue weighted by atomic mass is 16.5.